The lowest BCUT2D eigenvalue weighted by Gasteiger charge is -2.13. The predicted molar refractivity (Wildman–Crippen MR) is 241 cm³/mol. The van der Waals surface area contributed by atoms with E-state index in [-0.39, 0.29) is 0 Å². The van der Waals surface area contributed by atoms with E-state index in [1.54, 1.807) is 11.3 Å². The summed E-state index contributed by atoms with van der Waals surface area (Å²) in [6.07, 6.45) is 0. The maximum Gasteiger partial charge on any atom is 0.157 e. The second-order valence-corrected chi connectivity index (χ2v) is 15.0. The van der Waals surface area contributed by atoms with Crippen LogP contribution in [-0.2, 0) is 6.54 Å². The Hall–Kier alpha value is -7.28. The smallest absolute Gasteiger partial charge is 0.157 e. The van der Waals surface area contributed by atoms with Crippen LogP contribution in [0.2, 0.25) is 0 Å². The monoisotopic (exact) mass is 752 g/mol. The largest absolute Gasteiger partial charge is 0.455 e. The SMILES string of the molecule is N/C(=N\C(=N/Cc1ccccc1)c1ccccc1)c1cccc2oc3c(-c4ccc5c(c4)sc4c(Nc6ccccc6-c6ccccc6)cccc45)cccc3c12. The number of nitrogens with one attached hydrogen (secondary N) is 1. The molecule has 0 saturated carbocycles. The number of hydrogen-bond donors (Lipinski definition) is 2. The number of nitrogens with two attached hydrogens (primary N) is 1. The minimum atomic E-state index is 0.381. The van der Waals surface area contributed by atoms with E-state index in [1.165, 1.54) is 31.3 Å². The number of furan rings is 1. The lowest BCUT2D eigenvalue weighted by molar-refractivity contribution is 0.670. The number of benzene rings is 8. The van der Waals surface area contributed by atoms with Crippen molar-refractivity contribution in [3.63, 3.8) is 0 Å². The van der Waals surface area contributed by atoms with E-state index < -0.39 is 0 Å². The van der Waals surface area contributed by atoms with E-state index in [9.17, 15) is 0 Å². The van der Waals surface area contributed by atoms with E-state index in [4.69, 9.17) is 20.1 Å². The first-order valence-electron chi connectivity index (χ1n) is 19.0. The van der Waals surface area contributed by atoms with Gasteiger partial charge in [-0.2, -0.15) is 0 Å². The Labute approximate surface area is 334 Å². The lowest BCUT2D eigenvalue weighted by atomic mass is 9.99. The molecule has 5 nitrogen and oxygen atoms in total. The third-order valence-corrected chi connectivity index (χ3v) is 11.6. The number of amidine groups is 2. The first-order valence-corrected chi connectivity index (χ1v) is 19.8. The predicted octanol–water partition coefficient (Wildman–Crippen LogP) is 13.4. The average molecular weight is 753 g/mol. The Morgan fingerprint density at radius 1 is 0.579 bits per heavy atom. The van der Waals surface area contributed by atoms with Crippen molar-refractivity contribution in [2.24, 2.45) is 15.7 Å². The molecule has 57 heavy (non-hydrogen) atoms. The molecule has 10 aromatic rings. The Bertz CT molecular complexity index is 3130. The van der Waals surface area contributed by atoms with Gasteiger partial charge < -0.3 is 15.5 Å². The molecule has 0 spiro atoms. The van der Waals surface area contributed by atoms with Gasteiger partial charge in [0.05, 0.1) is 16.9 Å². The van der Waals surface area contributed by atoms with Gasteiger partial charge in [-0.15, -0.1) is 11.3 Å². The molecule has 0 radical (unpaired) electrons. The fourth-order valence-electron chi connectivity index (χ4n) is 7.66. The van der Waals surface area contributed by atoms with Gasteiger partial charge in [0, 0.05) is 54.2 Å². The van der Waals surface area contributed by atoms with Crippen LogP contribution in [0.5, 0.6) is 0 Å². The van der Waals surface area contributed by atoms with Crippen LogP contribution in [-0.4, -0.2) is 11.7 Å². The molecule has 0 fully saturated rings. The molecule has 272 valence electrons. The van der Waals surface area contributed by atoms with Gasteiger partial charge >= 0.3 is 0 Å². The fourth-order valence-corrected chi connectivity index (χ4v) is 8.87. The van der Waals surface area contributed by atoms with E-state index in [0.717, 1.165) is 61.1 Å². The van der Waals surface area contributed by atoms with Crippen molar-refractivity contribution in [1.29, 1.82) is 0 Å². The van der Waals surface area contributed by atoms with Gasteiger partial charge in [-0.05, 0) is 41.0 Å². The molecule has 6 heteroatoms. The Morgan fingerprint density at radius 3 is 2.11 bits per heavy atom. The lowest BCUT2D eigenvalue weighted by Crippen LogP contribution is -2.16. The highest BCUT2D eigenvalue weighted by atomic mass is 32.1. The Kier molecular flexibility index (Phi) is 8.86. The summed E-state index contributed by atoms with van der Waals surface area (Å²) in [7, 11) is 0. The third kappa shape index (κ3) is 6.52. The minimum Gasteiger partial charge on any atom is -0.455 e. The topological polar surface area (TPSA) is 75.9 Å². The molecule has 3 N–H and O–H groups in total. The van der Waals surface area contributed by atoms with E-state index in [2.05, 4.69) is 127 Å². The molecule has 0 aliphatic carbocycles. The molecule has 0 saturated heterocycles. The van der Waals surface area contributed by atoms with Gasteiger partial charge in [0.15, 0.2) is 5.84 Å². The molecule has 0 aliphatic heterocycles. The molecular weight excluding hydrogens is 717 g/mol. The summed E-state index contributed by atoms with van der Waals surface area (Å²) in [5.74, 6) is 0.963. The number of rotatable bonds is 8. The maximum atomic E-state index is 6.89. The van der Waals surface area contributed by atoms with Gasteiger partial charge in [0.25, 0.3) is 0 Å². The molecule has 0 atom stereocenters. The zero-order chi connectivity index (χ0) is 38.1. The first kappa shape index (κ1) is 34.2. The second kappa shape index (κ2) is 14.8. The highest BCUT2D eigenvalue weighted by Gasteiger charge is 2.19. The summed E-state index contributed by atoms with van der Waals surface area (Å²) < 4.78 is 9.11. The molecule has 8 aromatic carbocycles. The van der Waals surface area contributed by atoms with E-state index in [1.807, 2.05) is 66.7 Å². The molecule has 2 aromatic heterocycles. The van der Waals surface area contributed by atoms with Gasteiger partial charge in [-0.1, -0.05) is 164 Å². The maximum absolute atomic E-state index is 6.89. The molecule has 10 rings (SSSR count). The van der Waals surface area contributed by atoms with E-state index >= 15 is 0 Å². The quantitative estimate of drug-likeness (QED) is 0.120. The van der Waals surface area contributed by atoms with E-state index in [0.29, 0.717) is 18.2 Å². The summed E-state index contributed by atoms with van der Waals surface area (Å²) in [4.78, 5) is 9.88. The molecular formula is C51H36N4OS. The third-order valence-electron chi connectivity index (χ3n) is 10.4. The van der Waals surface area contributed by atoms with Crippen LogP contribution in [0.15, 0.2) is 202 Å². The van der Waals surface area contributed by atoms with Crippen LogP contribution < -0.4 is 11.1 Å². The molecule has 0 bridgehead atoms. The number of nitrogens with zero attached hydrogens (tertiary/aromatic N) is 2. The highest BCUT2D eigenvalue weighted by molar-refractivity contribution is 7.26. The first-order chi connectivity index (χ1) is 28.2. The summed E-state index contributed by atoms with van der Waals surface area (Å²) >= 11 is 1.80. The van der Waals surface area contributed by atoms with Crippen LogP contribution in [0.3, 0.4) is 0 Å². The molecule has 0 aliphatic rings. The van der Waals surface area contributed by atoms with Gasteiger partial charge in [0.2, 0.25) is 0 Å². The summed E-state index contributed by atoms with van der Waals surface area (Å²) in [6, 6.07) is 64.7. The zero-order valence-electron chi connectivity index (χ0n) is 30.9. The van der Waals surface area contributed by atoms with Crippen LogP contribution in [0.4, 0.5) is 11.4 Å². The van der Waals surface area contributed by atoms with Crippen LogP contribution in [0.25, 0.3) is 64.4 Å². The van der Waals surface area contributed by atoms with Crippen molar-refractivity contribution in [2.75, 3.05) is 5.32 Å². The van der Waals surface area contributed by atoms with Crippen molar-refractivity contribution in [3.8, 4) is 22.3 Å². The fraction of sp³-hybridized carbons (Fsp3) is 0.0196. The van der Waals surface area contributed by atoms with Crippen LogP contribution in [0, 0.1) is 0 Å². The van der Waals surface area contributed by atoms with Crippen LogP contribution in [0.1, 0.15) is 16.7 Å². The van der Waals surface area contributed by atoms with Crippen molar-refractivity contribution >= 4 is 76.5 Å². The number of aliphatic imine (C=N–C) groups is 2. The number of fused-ring (bicyclic) bond motifs is 6. The van der Waals surface area contributed by atoms with Crippen LogP contribution >= 0.6 is 11.3 Å². The van der Waals surface area contributed by atoms with Crippen molar-refractivity contribution < 1.29 is 4.42 Å². The molecule has 2 heterocycles. The van der Waals surface area contributed by atoms with Crippen molar-refractivity contribution in [2.45, 2.75) is 6.54 Å². The van der Waals surface area contributed by atoms with Gasteiger partial charge in [-0.3, -0.25) is 4.99 Å². The number of para-hydroxylation sites is 2. The summed E-state index contributed by atoms with van der Waals surface area (Å²) in [6.45, 7) is 0.494. The number of thiophene rings is 1. The normalized spacial score (nSPS) is 12.2. The van der Waals surface area contributed by atoms with Crippen molar-refractivity contribution in [3.05, 3.63) is 205 Å². The second-order valence-electron chi connectivity index (χ2n) is 14.0. The Balaban J connectivity index is 1.03. The van der Waals surface area contributed by atoms with Crippen molar-refractivity contribution in [1.82, 2.24) is 0 Å². The average Bonchev–Trinajstić information content (AvgIpc) is 3.85. The standard InChI is InChI=1S/C51H36N4OS/c52-50(55-51(35-19-8-3-9-20-35)53-32-33-15-4-1-5-16-33)42-25-14-28-45-47(42)41-24-12-22-38(48(41)56-45)36-29-30-39-40-23-13-27-44(49(40)57-46(39)31-36)54-43-26-11-10-21-37(43)34-17-6-2-7-18-34/h1-31,54H,32H2,(H2,52,53,55). The molecule has 0 amide bonds. The Morgan fingerprint density at radius 2 is 1.26 bits per heavy atom. The zero-order valence-corrected chi connectivity index (χ0v) is 31.7. The highest BCUT2D eigenvalue weighted by Crippen LogP contribution is 2.43. The van der Waals surface area contributed by atoms with Gasteiger partial charge in [-0.25, -0.2) is 4.99 Å². The van der Waals surface area contributed by atoms with Gasteiger partial charge in [0.1, 0.15) is 17.0 Å². The molecule has 0 unspecified atom stereocenters. The number of anilines is 2. The summed E-state index contributed by atoms with van der Waals surface area (Å²) in [5, 5.41) is 8.15. The summed E-state index contributed by atoms with van der Waals surface area (Å²) in [5.41, 5.74) is 17.9. The minimum absolute atomic E-state index is 0.381. The number of hydrogen-bond acceptors (Lipinski definition) is 4.